The van der Waals surface area contributed by atoms with Crippen LogP contribution in [0.25, 0.3) is 0 Å². The molecule has 100 valence electrons. The normalized spacial score (nSPS) is 27.3. The Morgan fingerprint density at radius 3 is 3.06 bits per heavy atom. The fraction of sp³-hybridized carbons (Fsp3) is 0.600. The quantitative estimate of drug-likeness (QED) is 0.600. The second-order valence-corrected chi connectivity index (χ2v) is 5.13. The molecular formula is C10H16N4O3S. The topological polar surface area (TPSA) is 123 Å². The summed E-state index contributed by atoms with van der Waals surface area (Å²) in [5, 5.41) is 13.8. The van der Waals surface area contributed by atoms with Gasteiger partial charge in [0.05, 0.1) is 6.10 Å². The number of ether oxygens (including phenoxy) is 1. The first-order chi connectivity index (χ1) is 8.44. The summed E-state index contributed by atoms with van der Waals surface area (Å²) < 4.78 is 9.19. The van der Waals surface area contributed by atoms with Gasteiger partial charge in [0.15, 0.2) is 5.82 Å². The van der Waals surface area contributed by atoms with Crippen LogP contribution < -0.4 is 16.8 Å². The van der Waals surface area contributed by atoms with Crippen molar-refractivity contribution in [3.63, 3.8) is 0 Å². The van der Waals surface area contributed by atoms with Crippen LogP contribution in [0.3, 0.4) is 0 Å². The fourth-order valence-corrected chi connectivity index (χ4v) is 2.61. The van der Waals surface area contributed by atoms with Gasteiger partial charge in [0.2, 0.25) is 0 Å². The molecule has 0 radical (unpaired) electrons. The summed E-state index contributed by atoms with van der Waals surface area (Å²) in [6.45, 7) is 2.59. The van der Waals surface area contributed by atoms with E-state index in [4.69, 9.17) is 16.2 Å². The molecule has 0 bridgehead atoms. The van der Waals surface area contributed by atoms with Gasteiger partial charge < -0.3 is 26.6 Å². The molecular weight excluding hydrogens is 256 g/mol. The first kappa shape index (κ1) is 13.1. The van der Waals surface area contributed by atoms with E-state index in [1.54, 1.807) is 0 Å². The van der Waals surface area contributed by atoms with Crippen LogP contribution in [0.4, 0.5) is 10.8 Å². The number of aromatic nitrogens is 1. The van der Waals surface area contributed by atoms with Crippen molar-refractivity contribution >= 4 is 28.3 Å². The van der Waals surface area contributed by atoms with E-state index in [1.807, 2.05) is 6.92 Å². The lowest BCUT2D eigenvalue weighted by Gasteiger charge is -2.26. The predicted molar refractivity (Wildman–Crippen MR) is 68.5 cm³/mol. The minimum atomic E-state index is -0.951. The maximum Gasteiger partial charge on any atom is 0.255 e. The van der Waals surface area contributed by atoms with Crippen molar-refractivity contribution < 1.29 is 14.6 Å². The van der Waals surface area contributed by atoms with Crippen LogP contribution in [-0.2, 0) is 4.74 Å². The largest absolute Gasteiger partial charge is 0.385 e. The van der Waals surface area contributed by atoms with Gasteiger partial charge in [-0.2, -0.15) is 4.37 Å². The van der Waals surface area contributed by atoms with Crippen molar-refractivity contribution in [2.24, 2.45) is 5.73 Å². The zero-order valence-electron chi connectivity index (χ0n) is 9.97. The predicted octanol–water partition coefficient (Wildman–Crippen LogP) is -0.224. The highest BCUT2D eigenvalue weighted by atomic mass is 32.1. The van der Waals surface area contributed by atoms with Crippen LogP contribution in [-0.4, -0.2) is 40.2 Å². The number of amides is 1. The van der Waals surface area contributed by atoms with Gasteiger partial charge in [-0.15, -0.1) is 0 Å². The molecule has 1 aromatic heterocycles. The van der Waals surface area contributed by atoms with Gasteiger partial charge in [0, 0.05) is 19.6 Å². The van der Waals surface area contributed by atoms with Crippen molar-refractivity contribution in [2.75, 3.05) is 24.2 Å². The number of nitrogens with two attached hydrogens (primary N) is 2. The van der Waals surface area contributed by atoms with Crippen LogP contribution in [0.5, 0.6) is 0 Å². The summed E-state index contributed by atoms with van der Waals surface area (Å²) in [6.07, 6.45) is 0.286. The maximum atomic E-state index is 11.2. The Labute approximate surface area is 108 Å². The van der Waals surface area contributed by atoms with Crippen LogP contribution in [0.1, 0.15) is 23.7 Å². The molecule has 0 spiro atoms. The molecule has 7 nitrogen and oxygen atoms in total. The molecule has 1 saturated heterocycles. The lowest BCUT2D eigenvalue weighted by molar-refractivity contribution is -0.0175. The second kappa shape index (κ2) is 4.71. The number of anilines is 2. The Morgan fingerprint density at radius 2 is 2.50 bits per heavy atom. The van der Waals surface area contributed by atoms with Gasteiger partial charge in [-0.25, -0.2) is 0 Å². The van der Waals surface area contributed by atoms with Crippen LogP contribution in [0, 0.1) is 0 Å². The standard InChI is InChI=1S/C10H16N4O3S/c1-5-10(16,2-3-17-5)4-13-9-6(8(12)15)7(11)14-18-9/h5,13,16H,2-4H2,1H3,(H2,11,14)(H2,12,15). The molecule has 1 aliphatic rings. The molecule has 2 heterocycles. The lowest BCUT2D eigenvalue weighted by Crippen LogP contribution is -2.43. The van der Waals surface area contributed by atoms with E-state index >= 15 is 0 Å². The molecule has 0 aliphatic carbocycles. The van der Waals surface area contributed by atoms with Crippen molar-refractivity contribution in [3.05, 3.63) is 5.56 Å². The minimum Gasteiger partial charge on any atom is -0.385 e. The summed E-state index contributed by atoms with van der Waals surface area (Å²) >= 11 is 1.05. The van der Waals surface area contributed by atoms with Crippen LogP contribution >= 0.6 is 11.5 Å². The molecule has 1 fully saturated rings. The van der Waals surface area contributed by atoms with E-state index < -0.39 is 11.5 Å². The lowest BCUT2D eigenvalue weighted by atomic mass is 9.97. The Kier molecular flexibility index (Phi) is 3.42. The molecule has 2 rings (SSSR count). The molecule has 8 heteroatoms. The number of carbonyl (C=O) groups is 1. The summed E-state index contributed by atoms with van der Waals surface area (Å²) in [6, 6.07) is 0. The number of nitrogen functional groups attached to an aromatic ring is 1. The number of primary amides is 1. The third kappa shape index (κ3) is 2.26. The zero-order valence-corrected chi connectivity index (χ0v) is 10.8. The highest BCUT2D eigenvalue weighted by molar-refractivity contribution is 7.11. The number of rotatable bonds is 4. The fourth-order valence-electron chi connectivity index (χ4n) is 1.90. The van der Waals surface area contributed by atoms with Crippen molar-refractivity contribution in [1.82, 2.24) is 4.37 Å². The van der Waals surface area contributed by atoms with Gasteiger partial charge in [-0.1, -0.05) is 0 Å². The van der Waals surface area contributed by atoms with Crippen molar-refractivity contribution in [3.8, 4) is 0 Å². The van der Waals surface area contributed by atoms with E-state index in [2.05, 4.69) is 9.69 Å². The molecule has 0 aromatic carbocycles. The third-order valence-corrected chi connectivity index (χ3v) is 4.00. The van der Waals surface area contributed by atoms with Gasteiger partial charge >= 0.3 is 0 Å². The first-order valence-corrected chi connectivity index (χ1v) is 6.34. The molecule has 0 saturated carbocycles. The summed E-state index contributed by atoms with van der Waals surface area (Å²) in [5.74, 6) is -0.524. The summed E-state index contributed by atoms with van der Waals surface area (Å²) in [7, 11) is 0. The molecule has 1 aliphatic heterocycles. The molecule has 6 N–H and O–H groups in total. The number of hydrogen-bond acceptors (Lipinski definition) is 7. The smallest absolute Gasteiger partial charge is 0.255 e. The summed E-state index contributed by atoms with van der Waals surface area (Å²) in [5.41, 5.74) is 10.0. The third-order valence-electron chi connectivity index (χ3n) is 3.18. The Balaban J connectivity index is 2.09. The highest BCUT2D eigenvalue weighted by Crippen LogP contribution is 2.30. The van der Waals surface area contributed by atoms with E-state index in [9.17, 15) is 9.90 Å². The van der Waals surface area contributed by atoms with Crippen LogP contribution in [0.2, 0.25) is 0 Å². The van der Waals surface area contributed by atoms with Gasteiger partial charge in [0.1, 0.15) is 16.2 Å². The first-order valence-electron chi connectivity index (χ1n) is 5.57. The molecule has 18 heavy (non-hydrogen) atoms. The Morgan fingerprint density at radius 1 is 1.78 bits per heavy atom. The minimum absolute atomic E-state index is 0.109. The van der Waals surface area contributed by atoms with E-state index in [0.717, 1.165) is 11.5 Å². The summed E-state index contributed by atoms with van der Waals surface area (Å²) in [4.78, 5) is 11.2. The SMILES string of the molecule is CC1OCCC1(O)CNc1snc(N)c1C(N)=O. The van der Waals surface area contributed by atoms with Crippen LogP contribution in [0.15, 0.2) is 0 Å². The van der Waals surface area contributed by atoms with Crippen molar-refractivity contribution in [1.29, 1.82) is 0 Å². The number of nitrogens with zero attached hydrogens (tertiary/aromatic N) is 1. The van der Waals surface area contributed by atoms with Gasteiger partial charge in [0.25, 0.3) is 5.91 Å². The number of aliphatic hydroxyl groups is 1. The average Bonchev–Trinajstić information content (AvgIpc) is 2.81. The van der Waals surface area contributed by atoms with E-state index in [0.29, 0.717) is 18.0 Å². The molecule has 2 atom stereocenters. The van der Waals surface area contributed by atoms with E-state index in [1.165, 1.54) is 0 Å². The Bertz CT molecular complexity index is 464. The monoisotopic (exact) mass is 272 g/mol. The highest BCUT2D eigenvalue weighted by Gasteiger charge is 2.39. The molecule has 1 amide bonds. The Hall–Kier alpha value is -1.38. The molecule has 2 unspecified atom stereocenters. The zero-order chi connectivity index (χ0) is 13.3. The molecule has 1 aromatic rings. The maximum absolute atomic E-state index is 11.2. The van der Waals surface area contributed by atoms with E-state index in [-0.39, 0.29) is 24.0 Å². The number of nitrogens with one attached hydrogen (secondary N) is 1. The average molecular weight is 272 g/mol. The van der Waals surface area contributed by atoms with Gasteiger partial charge in [-0.05, 0) is 18.5 Å². The second-order valence-electron chi connectivity index (χ2n) is 4.36. The van der Waals surface area contributed by atoms with Gasteiger partial charge in [-0.3, -0.25) is 4.79 Å². The number of hydrogen-bond donors (Lipinski definition) is 4. The van der Waals surface area contributed by atoms with Crippen molar-refractivity contribution in [2.45, 2.75) is 25.0 Å². The number of carbonyl (C=O) groups excluding carboxylic acids is 1.